The number of hydrogen-bond donors (Lipinski definition) is 1. The monoisotopic (exact) mass is 391 g/mol. The normalized spacial score (nSPS) is 14.0. The van der Waals surface area contributed by atoms with Crippen molar-refractivity contribution in [1.29, 1.82) is 0 Å². The maximum atomic E-state index is 13.2. The zero-order valence-electron chi connectivity index (χ0n) is 16.0. The molecule has 2 heterocycles. The predicted molar refractivity (Wildman–Crippen MR) is 112 cm³/mol. The Bertz CT molecular complexity index is 956. The molecule has 148 valence electrons. The second-order valence-corrected chi connectivity index (χ2v) is 6.92. The molecule has 6 nitrogen and oxygen atoms in total. The van der Waals surface area contributed by atoms with Gasteiger partial charge in [-0.3, -0.25) is 4.79 Å². The van der Waals surface area contributed by atoms with E-state index in [0.717, 1.165) is 43.5 Å². The molecule has 1 fully saturated rings. The van der Waals surface area contributed by atoms with Crippen LogP contribution in [0.1, 0.15) is 5.56 Å². The Labute approximate surface area is 169 Å². The fourth-order valence-corrected chi connectivity index (χ4v) is 3.41. The van der Waals surface area contributed by atoms with Crippen molar-refractivity contribution in [3.63, 3.8) is 0 Å². The highest BCUT2D eigenvalue weighted by molar-refractivity contribution is 5.92. The molecule has 1 N–H and O–H groups in total. The predicted octanol–water partition coefficient (Wildman–Crippen LogP) is 3.12. The minimum atomic E-state index is -0.335. The number of carbonyl (C=O) groups excluding carboxylic acids is 1. The second kappa shape index (κ2) is 8.68. The fraction of sp³-hybridized carbons (Fsp3) is 0.227. The van der Waals surface area contributed by atoms with Crippen LogP contribution in [0.2, 0.25) is 0 Å². The lowest BCUT2D eigenvalue weighted by Gasteiger charge is -2.36. The molecule has 7 heteroatoms. The molecule has 0 atom stereocenters. The first kappa shape index (κ1) is 18.9. The Morgan fingerprint density at radius 2 is 1.62 bits per heavy atom. The lowest BCUT2D eigenvalue weighted by Crippen LogP contribution is -2.47. The summed E-state index contributed by atoms with van der Waals surface area (Å²) >= 11 is 0. The first-order valence-corrected chi connectivity index (χ1v) is 9.59. The van der Waals surface area contributed by atoms with E-state index in [-0.39, 0.29) is 18.1 Å². The first-order valence-electron chi connectivity index (χ1n) is 9.59. The topological polar surface area (TPSA) is 61.4 Å². The van der Waals surface area contributed by atoms with Gasteiger partial charge >= 0.3 is 0 Å². The highest BCUT2D eigenvalue weighted by atomic mass is 19.1. The number of nitrogens with zero attached hydrogens (tertiary/aromatic N) is 4. The average molecular weight is 391 g/mol. The van der Waals surface area contributed by atoms with Crippen LogP contribution in [0.5, 0.6) is 0 Å². The van der Waals surface area contributed by atoms with Gasteiger partial charge < -0.3 is 15.1 Å². The average Bonchev–Trinajstić information content (AvgIpc) is 2.75. The van der Waals surface area contributed by atoms with Crippen LogP contribution in [0.25, 0.3) is 0 Å². The van der Waals surface area contributed by atoms with Gasteiger partial charge in [-0.05, 0) is 48.0 Å². The molecule has 1 aliphatic heterocycles. The minimum absolute atomic E-state index is 0.142. The van der Waals surface area contributed by atoms with Gasteiger partial charge in [0.15, 0.2) is 0 Å². The van der Waals surface area contributed by atoms with Crippen LogP contribution in [-0.2, 0) is 11.2 Å². The lowest BCUT2D eigenvalue weighted by atomic mass is 10.1. The fourth-order valence-electron chi connectivity index (χ4n) is 3.41. The van der Waals surface area contributed by atoms with Gasteiger partial charge in [0.05, 0.1) is 6.42 Å². The Morgan fingerprint density at radius 3 is 2.31 bits per heavy atom. The summed E-state index contributed by atoms with van der Waals surface area (Å²) in [5, 5.41) is 2.86. The van der Waals surface area contributed by atoms with Crippen LogP contribution in [-0.4, -0.2) is 42.1 Å². The van der Waals surface area contributed by atoms with E-state index in [2.05, 4.69) is 25.1 Å². The molecule has 3 aromatic rings. The van der Waals surface area contributed by atoms with E-state index in [0.29, 0.717) is 5.56 Å². The number of aromatic nitrogens is 2. The van der Waals surface area contributed by atoms with Crippen LogP contribution < -0.4 is 15.1 Å². The van der Waals surface area contributed by atoms with Gasteiger partial charge in [-0.1, -0.05) is 12.1 Å². The second-order valence-electron chi connectivity index (χ2n) is 6.92. The van der Waals surface area contributed by atoms with Gasteiger partial charge in [0, 0.05) is 49.9 Å². The molecule has 0 saturated carbocycles. The first-order chi connectivity index (χ1) is 14.2. The number of halogens is 1. The van der Waals surface area contributed by atoms with Gasteiger partial charge in [-0.2, -0.15) is 0 Å². The van der Waals surface area contributed by atoms with Crippen LogP contribution >= 0.6 is 0 Å². The lowest BCUT2D eigenvalue weighted by molar-refractivity contribution is -0.115. The quantitative estimate of drug-likeness (QED) is 0.724. The van der Waals surface area contributed by atoms with Crippen molar-refractivity contribution in [2.75, 3.05) is 41.3 Å². The van der Waals surface area contributed by atoms with E-state index in [1.807, 2.05) is 30.3 Å². The summed E-state index contributed by atoms with van der Waals surface area (Å²) in [6.45, 7) is 3.47. The third-order valence-corrected chi connectivity index (χ3v) is 4.88. The summed E-state index contributed by atoms with van der Waals surface area (Å²) < 4.78 is 13.2. The van der Waals surface area contributed by atoms with Crippen molar-refractivity contribution in [3.05, 3.63) is 78.4 Å². The number of rotatable bonds is 5. The Hall–Kier alpha value is -3.48. The number of nitrogens with one attached hydrogen (secondary N) is 1. The van der Waals surface area contributed by atoms with Gasteiger partial charge in [-0.25, -0.2) is 14.4 Å². The summed E-state index contributed by atoms with van der Waals surface area (Å²) in [7, 11) is 0. The molecular weight excluding hydrogens is 369 g/mol. The van der Waals surface area contributed by atoms with E-state index in [9.17, 15) is 9.18 Å². The molecule has 2 aromatic carbocycles. The number of anilines is 3. The van der Waals surface area contributed by atoms with E-state index >= 15 is 0 Å². The molecule has 0 spiro atoms. The zero-order chi connectivity index (χ0) is 20.1. The molecule has 0 aliphatic carbocycles. The van der Waals surface area contributed by atoms with E-state index < -0.39 is 0 Å². The maximum Gasteiger partial charge on any atom is 0.228 e. The number of piperazine rings is 1. The highest BCUT2D eigenvalue weighted by Gasteiger charge is 2.19. The molecule has 1 amide bonds. The van der Waals surface area contributed by atoms with Gasteiger partial charge in [0.2, 0.25) is 11.9 Å². The Balaban J connectivity index is 1.31. The summed E-state index contributed by atoms with van der Waals surface area (Å²) in [6.07, 6.45) is 3.66. The number of hydrogen-bond acceptors (Lipinski definition) is 5. The van der Waals surface area contributed by atoms with Crippen molar-refractivity contribution >= 4 is 23.2 Å². The third-order valence-electron chi connectivity index (χ3n) is 4.88. The minimum Gasteiger partial charge on any atom is -0.368 e. The van der Waals surface area contributed by atoms with Crippen LogP contribution in [0, 0.1) is 5.82 Å². The van der Waals surface area contributed by atoms with Crippen molar-refractivity contribution in [1.82, 2.24) is 9.97 Å². The Morgan fingerprint density at radius 1 is 0.931 bits per heavy atom. The van der Waals surface area contributed by atoms with Gasteiger partial charge in [0.25, 0.3) is 0 Å². The molecule has 1 aromatic heterocycles. The van der Waals surface area contributed by atoms with Gasteiger partial charge in [0.1, 0.15) is 5.82 Å². The van der Waals surface area contributed by atoms with E-state index in [4.69, 9.17) is 0 Å². The molecule has 1 aliphatic rings. The molecule has 0 bridgehead atoms. The zero-order valence-corrected chi connectivity index (χ0v) is 16.0. The van der Waals surface area contributed by atoms with Crippen molar-refractivity contribution in [2.24, 2.45) is 0 Å². The SMILES string of the molecule is O=C(Cc1cccc(F)c1)Nc1ccc(N2CCN(c3ncccn3)CC2)cc1. The number of carbonyl (C=O) groups is 1. The molecular formula is C22H22FN5O. The van der Waals surface area contributed by atoms with Crippen molar-refractivity contribution in [3.8, 4) is 0 Å². The van der Waals surface area contributed by atoms with Crippen molar-refractivity contribution in [2.45, 2.75) is 6.42 Å². The summed E-state index contributed by atoms with van der Waals surface area (Å²) in [5.41, 5.74) is 2.49. The molecule has 0 radical (unpaired) electrons. The molecule has 29 heavy (non-hydrogen) atoms. The smallest absolute Gasteiger partial charge is 0.228 e. The highest BCUT2D eigenvalue weighted by Crippen LogP contribution is 2.21. The number of benzene rings is 2. The number of amides is 1. The maximum absolute atomic E-state index is 13.2. The molecule has 1 saturated heterocycles. The molecule has 4 rings (SSSR count). The molecule has 0 unspecified atom stereocenters. The van der Waals surface area contributed by atoms with Crippen LogP contribution in [0.3, 0.4) is 0 Å². The summed E-state index contributed by atoms with van der Waals surface area (Å²) in [5.74, 6) is 0.266. The van der Waals surface area contributed by atoms with Crippen molar-refractivity contribution < 1.29 is 9.18 Å². The Kier molecular flexibility index (Phi) is 5.65. The standard InChI is InChI=1S/C22H22FN5O/c23-18-4-1-3-17(15-18)16-21(29)26-19-5-7-20(8-6-19)27-11-13-28(14-12-27)22-24-9-2-10-25-22/h1-10,15H,11-14,16H2,(H,26,29). The largest absolute Gasteiger partial charge is 0.368 e. The van der Waals surface area contributed by atoms with Crippen LogP contribution in [0.15, 0.2) is 67.0 Å². The van der Waals surface area contributed by atoms with Gasteiger partial charge in [-0.15, -0.1) is 0 Å². The van der Waals surface area contributed by atoms with Crippen LogP contribution in [0.4, 0.5) is 21.7 Å². The van der Waals surface area contributed by atoms with E-state index in [1.165, 1.54) is 12.1 Å². The summed E-state index contributed by atoms with van der Waals surface area (Å²) in [6, 6.07) is 15.7. The summed E-state index contributed by atoms with van der Waals surface area (Å²) in [4.78, 5) is 25.3. The van der Waals surface area contributed by atoms with E-state index in [1.54, 1.807) is 24.5 Å². The third kappa shape index (κ3) is 4.87.